The van der Waals surface area contributed by atoms with E-state index in [0.717, 1.165) is 37.8 Å². The first-order valence-electron chi connectivity index (χ1n) is 7.06. The van der Waals surface area contributed by atoms with Gasteiger partial charge < -0.3 is 15.4 Å². The molecule has 1 aliphatic rings. The third-order valence-corrected chi connectivity index (χ3v) is 3.32. The van der Waals surface area contributed by atoms with Crippen LogP contribution in [0.25, 0.3) is 0 Å². The second kappa shape index (κ2) is 7.27. The molecule has 1 atom stereocenters. The van der Waals surface area contributed by atoms with Gasteiger partial charge in [-0.05, 0) is 62.5 Å². The van der Waals surface area contributed by atoms with Gasteiger partial charge in [0.15, 0.2) is 0 Å². The summed E-state index contributed by atoms with van der Waals surface area (Å²) in [6.07, 6.45) is 3.68. The molecule has 3 heteroatoms. The molecule has 0 aromatic heterocycles. The summed E-state index contributed by atoms with van der Waals surface area (Å²) in [5, 5.41) is 6.95. The van der Waals surface area contributed by atoms with E-state index in [1.165, 1.54) is 25.1 Å². The molecule has 18 heavy (non-hydrogen) atoms. The number of nitrogens with one attached hydrogen (secondary N) is 2. The number of rotatable bonds is 6. The van der Waals surface area contributed by atoms with Crippen molar-refractivity contribution in [3.63, 3.8) is 0 Å². The fourth-order valence-electron chi connectivity index (χ4n) is 2.25. The van der Waals surface area contributed by atoms with Gasteiger partial charge in [0.05, 0.1) is 6.61 Å². The summed E-state index contributed by atoms with van der Waals surface area (Å²) in [6, 6.07) is 8.27. The van der Waals surface area contributed by atoms with Crippen molar-refractivity contribution in [2.45, 2.75) is 26.2 Å². The Bertz CT molecular complexity index is 331. The van der Waals surface area contributed by atoms with Gasteiger partial charge >= 0.3 is 0 Å². The first-order chi connectivity index (χ1) is 8.88. The van der Waals surface area contributed by atoms with E-state index in [9.17, 15) is 0 Å². The number of benzene rings is 1. The molecule has 1 heterocycles. The molecule has 0 spiro atoms. The fourth-order valence-corrected chi connectivity index (χ4v) is 2.25. The average molecular weight is 248 g/mol. The quantitative estimate of drug-likeness (QED) is 0.812. The number of hydrogen-bond acceptors (Lipinski definition) is 3. The van der Waals surface area contributed by atoms with Crippen LogP contribution < -0.4 is 15.4 Å². The normalized spacial score (nSPS) is 19.5. The predicted octanol–water partition coefficient (Wildman–Crippen LogP) is 2.89. The van der Waals surface area contributed by atoms with Crippen LogP contribution >= 0.6 is 0 Å². The topological polar surface area (TPSA) is 33.3 Å². The summed E-state index contributed by atoms with van der Waals surface area (Å²) in [4.78, 5) is 0. The van der Waals surface area contributed by atoms with Crippen LogP contribution in [0.15, 0.2) is 24.3 Å². The van der Waals surface area contributed by atoms with Crippen LogP contribution in [-0.4, -0.2) is 26.2 Å². The highest BCUT2D eigenvalue weighted by Crippen LogP contribution is 2.17. The molecule has 1 aliphatic heterocycles. The summed E-state index contributed by atoms with van der Waals surface area (Å²) in [5.41, 5.74) is 1.18. The van der Waals surface area contributed by atoms with Gasteiger partial charge in [-0.25, -0.2) is 0 Å². The van der Waals surface area contributed by atoms with Gasteiger partial charge in [0.1, 0.15) is 5.75 Å². The number of anilines is 1. The smallest absolute Gasteiger partial charge is 0.119 e. The highest BCUT2D eigenvalue weighted by molar-refractivity contribution is 5.46. The summed E-state index contributed by atoms with van der Waals surface area (Å²) in [7, 11) is 0. The lowest BCUT2D eigenvalue weighted by Crippen LogP contribution is -2.33. The molecule has 2 N–H and O–H groups in total. The first-order valence-corrected chi connectivity index (χ1v) is 7.06. The summed E-state index contributed by atoms with van der Waals surface area (Å²) < 4.78 is 5.57. The van der Waals surface area contributed by atoms with E-state index < -0.39 is 0 Å². The van der Waals surface area contributed by atoms with Crippen molar-refractivity contribution in [1.82, 2.24) is 5.32 Å². The second-order valence-corrected chi connectivity index (χ2v) is 4.97. The van der Waals surface area contributed by atoms with Gasteiger partial charge in [-0.2, -0.15) is 0 Å². The molecule has 0 radical (unpaired) electrons. The van der Waals surface area contributed by atoms with Crippen LogP contribution in [0.4, 0.5) is 5.69 Å². The number of hydrogen-bond donors (Lipinski definition) is 2. The van der Waals surface area contributed by atoms with Crippen LogP contribution in [0.1, 0.15) is 26.2 Å². The molecule has 1 saturated heterocycles. The van der Waals surface area contributed by atoms with E-state index in [1.807, 2.05) is 12.1 Å². The van der Waals surface area contributed by atoms with Crippen LogP contribution in [0.5, 0.6) is 5.75 Å². The van der Waals surface area contributed by atoms with Crippen molar-refractivity contribution in [1.29, 1.82) is 0 Å². The van der Waals surface area contributed by atoms with Crippen molar-refractivity contribution in [2.24, 2.45) is 5.92 Å². The minimum absolute atomic E-state index is 0.759. The molecule has 3 nitrogen and oxygen atoms in total. The van der Waals surface area contributed by atoms with Gasteiger partial charge in [0, 0.05) is 12.2 Å². The van der Waals surface area contributed by atoms with Crippen LogP contribution in [0.2, 0.25) is 0 Å². The molecule has 0 amide bonds. The zero-order valence-electron chi connectivity index (χ0n) is 11.2. The van der Waals surface area contributed by atoms with E-state index in [1.54, 1.807) is 0 Å². The Morgan fingerprint density at radius 2 is 2.17 bits per heavy atom. The predicted molar refractivity (Wildman–Crippen MR) is 76.3 cm³/mol. The highest BCUT2D eigenvalue weighted by Gasteiger charge is 2.12. The van der Waals surface area contributed by atoms with Crippen molar-refractivity contribution in [2.75, 3.05) is 31.6 Å². The Balaban J connectivity index is 1.75. The third kappa shape index (κ3) is 4.22. The zero-order valence-corrected chi connectivity index (χ0v) is 11.2. The lowest BCUT2D eigenvalue weighted by molar-refractivity contribution is 0.317. The molecule has 1 aromatic carbocycles. The van der Waals surface area contributed by atoms with E-state index in [-0.39, 0.29) is 0 Å². The van der Waals surface area contributed by atoms with Gasteiger partial charge in [-0.1, -0.05) is 6.92 Å². The van der Waals surface area contributed by atoms with Crippen LogP contribution in [0.3, 0.4) is 0 Å². The number of ether oxygens (including phenoxy) is 1. The molecule has 1 fully saturated rings. The fraction of sp³-hybridized carbons (Fsp3) is 0.600. The molecule has 0 saturated carbocycles. The molecule has 1 aromatic rings. The monoisotopic (exact) mass is 248 g/mol. The Morgan fingerprint density at radius 1 is 1.33 bits per heavy atom. The summed E-state index contributed by atoms with van der Waals surface area (Å²) in [5.74, 6) is 1.72. The number of piperidine rings is 1. The zero-order chi connectivity index (χ0) is 12.6. The van der Waals surface area contributed by atoms with E-state index in [4.69, 9.17) is 4.74 Å². The Morgan fingerprint density at radius 3 is 2.83 bits per heavy atom. The van der Waals surface area contributed by atoms with Crippen molar-refractivity contribution in [3.05, 3.63) is 24.3 Å². The molecular formula is C15H24N2O. The molecular weight excluding hydrogens is 224 g/mol. The van der Waals surface area contributed by atoms with E-state index in [2.05, 4.69) is 29.7 Å². The minimum atomic E-state index is 0.759. The van der Waals surface area contributed by atoms with Gasteiger partial charge in [0.25, 0.3) is 0 Å². The van der Waals surface area contributed by atoms with Crippen molar-refractivity contribution >= 4 is 5.69 Å². The standard InChI is InChI=1S/C15H24N2O/c1-2-10-18-15-7-5-14(6-8-15)17-12-13-4-3-9-16-11-13/h5-8,13,16-17H,2-4,9-12H2,1H3. The SMILES string of the molecule is CCCOc1ccc(NCC2CCCNC2)cc1. The maximum atomic E-state index is 5.57. The largest absolute Gasteiger partial charge is 0.494 e. The molecule has 0 aliphatic carbocycles. The maximum Gasteiger partial charge on any atom is 0.119 e. The van der Waals surface area contributed by atoms with Gasteiger partial charge in [-0.15, -0.1) is 0 Å². The Labute approximate surface area is 110 Å². The van der Waals surface area contributed by atoms with E-state index in [0.29, 0.717) is 0 Å². The van der Waals surface area contributed by atoms with Gasteiger partial charge in [0.2, 0.25) is 0 Å². The lowest BCUT2D eigenvalue weighted by atomic mass is 10.00. The second-order valence-electron chi connectivity index (χ2n) is 4.97. The lowest BCUT2D eigenvalue weighted by Gasteiger charge is -2.23. The minimum Gasteiger partial charge on any atom is -0.494 e. The van der Waals surface area contributed by atoms with Crippen LogP contribution in [0, 0.1) is 5.92 Å². The molecule has 2 rings (SSSR count). The average Bonchev–Trinajstić information content (AvgIpc) is 2.45. The molecule has 0 bridgehead atoms. The van der Waals surface area contributed by atoms with E-state index >= 15 is 0 Å². The highest BCUT2D eigenvalue weighted by atomic mass is 16.5. The molecule has 1 unspecified atom stereocenters. The van der Waals surface area contributed by atoms with Crippen LogP contribution in [-0.2, 0) is 0 Å². The third-order valence-electron chi connectivity index (χ3n) is 3.32. The molecule has 100 valence electrons. The summed E-state index contributed by atoms with van der Waals surface area (Å²) in [6.45, 7) is 6.29. The Kier molecular flexibility index (Phi) is 5.34. The van der Waals surface area contributed by atoms with Crippen molar-refractivity contribution in [3.8, 4) is 5.75 Å². The summed E-state index contributed by atoms with van der Waals surface area (Å²) >= 11 is 0. The Hall–Kier alpha value is -1.22. The van der Waals surface area contributed by atoms with Crippen molar-refractivity contribution < 1.29 is 4.74 Å². The van der Waals surface area contributed by atoms with Gasteiger partial charge in [-0.3, -0.25) is 0 Å². The first kappa shape index (κ1) is 13.2. The maximum absolute atomic E-state index is 5.57.